The Balaban J connectivity index is 1.52. The predicted molar refractivity (Wildman–Crippen MR) is 109 cm³/mol. The van der Waals surface area contributed by atoms with E-state index in [0.717, 1.165) is 48.5 Å². The first-order valence-electron chi connectivity index (χ1n) is 10.1. The van der Waals surface area contributed by atoms with Gasteiger partial charge in [-0.25, -0.2) is 0 Å². The number of benzene rings is 1. The summed E-state index contributed by atoms with van der Waals surface area (Å²) in [5.41, 5.74) is 5.93. The van der Waals surface area contributed by atoms with Crippen LogP contribution < -0.4 is 0 Å². The molecule has 0 saturated carbocycles. The summed E-state index contributed by atoms with van der Waals surface area (Å²) < 4.78 is 5.21. The van der Waals surface area contributed by atoms with Gasteiger partial charge in [0.05, 0.1) is 35.7 Å². The van der Waals surface area contributed by atoms with Crippen LogP contribution in [0.4, 0.5) is 0 Å². The molecule has 1 aliphatic rings. The van der Waals surface area contributed by atoms with Gasteiger partial charge in [-0.15, -0.1) is 0 Å². The molecule has 29 heavy (non-hydrogen) atoms. The third-order valence-corrected chi connectivity index (χ3v) is 5.59. The first kappa shape index (κ1) is 19.3. The molecule has 0 bridgehead atoms. The highest BCUT2D eigenvalue weighted by Gasteiger charge is 2.32. The smallest absolute Gasteiger partial charge is 0.227 e. The van der Waals surface area contributed by atoms with Gasteiger partial charge in [0.2, 0.25) is 5.91 Å². The van der Waals surface area contributed by atoms with Gasteiger partial charge >= 0.3 is 0 Å². The number of carbonyl (C=O) groups excluding carboxylic acids is 1. The Labute approximate surface area is 171 Å². The van der Waals surface area contributed by atoms with Gasteiger partial charge in [0, 0.05) is 24.7 Å². The fourth-order valence-electron chi connectivity index (χ4n) is 4.08. The highest BCUT2D eigenvalue weighted by molar-refractivity contribution is 5.80. The van der Waals surface area contributed by atoms with Crippen molar-refractivity contribution in [2.75, 3.05) is 6.54 Å². The second-order valence-electron chi connectivity index (χ2n) is 7.83. The van der Waals surface area contributed by atoms with Crippen molar-refractivity contribution in [1.82, 2.24) is 20.0 Å². The lowest BCUT2D eigenvalue weighted by Gasteiger charge is -2.24. The zero-order valence-corrected chi connectivity index (χ0v) is 17.2. The van der Waals surface area contributed by atoms with E-state index in [0.29, 0.717) is 12.2 Å². The number of aryl methyl sites for hydroxylation is 3. The molecule has 1 atom stereocenters. The fraction of sp³-hybridized carbons (Fsp3) is 0.391. The molecule has 0 radical (unpaired) electrons. The summed E-state index contributed by atoms with van der Waals surface area (Å²) in [5.74, 6) is 0.805. The van der Waals surface area contributed by atoms with E-state index >= 15 is 0 Å². The lowest BCUT2D eigenvalue weighted by atomic mass is 10.1. The van der Waals surface area contributed by atoms with Crippen LogP contribution in [-0.4, -0.2) is 32.5 Å². The van der Waals surface area contributed by atoms with Crippen molar-refractivity contribution in [2.45, 2.75) is 52.5 Å². The van der Waals surface area contributed by atoms with E-state index in [9.17, 15) is 4.79 Å². The molecule has 4 rings (SSSR count). The van der Waals surface area contributed by atoms with Gasteiger partial charge in [-0.05, 0) is 39.2 Å². The maximum atomic E-state index is 13.0. The van der Waals surface area contributed by atoms with Crippen LogP contribution in [0.25, 0.3) is 0 Å². The van der Waals surface area contributed by atoms with Gasteiger partial charge in [0.25, 0.3) is 0 Å². The topological polar surface area (TPSA) is 72.1 Å². The normalized spacial score (nSPS) is 16.4. The number of hydrogen-bond acceptors (Lipinski definition) is 5. The van der Waals surface area contributed by atoms with Crippen molar-refractivity contribution in [1.29, 1.82) is 0 Å². The average molecular weight is 390 g/mol. The van der Waals surface area contributed by atoms with E-state index in [1.54, 1.807) is 6.20 Å². The lowest BCUT2D eigenvalue weighted by Crippen LogP contribution is -2.32. The van der Waals surface area contributed by atoms with Crippen LogP contribution >= 0.6 is 0 Å². The molecule has 1 fully saturated rings. The molecule has 3 aromatic rings. The quantitative estimate of drug-likeness (QED) is 0.661. The number of nitrogens with zero attached hydrogens (tertiary/aromatic N) is 4. The van der Waals surface area contributed by atoms with Gasteiger partial charge in [-0.3, -0.25) is 14.8 Å². The van der Waals surface area contributed by atoms with Crippen molar-refractivity contribution >= 4 is 5.91 Å². The minimum absolute atomic E-state index is 0.0204. The molecule has 1 aromatic carbocycles. The molecule has 1 unspecified atom stereocenters. The SMILES string of the molecule is Cc1cccc(Cc2cncc(C3CCCN3C(=O)Cc3c(C)noc3C)n2)c1. The number of rotatable bonds is 5. The second kappa shape index (κ2) is 8.15. The molecular formula is C23H26N4O2. The summed E-state index contributed by atoms with van der Waals surface area (Å²) in [6.45, 7) is 6.56. The molecule has 0 N–H and O–H groups in total. The molecule has 150 valence electrons. The second-order valence-corrected chi connectivity index (χ2v) is 7.83. The summed E-state index contributed by atoms with van der Waals surface area (Å²) in [6.07, 6.45) is 6.55. The van der Waals surface area contributed by atoms with E-state index < -0.39 is 0 Å². The van der Waals surface area contributed by atoms with Crippen LogP contribution in [0, 0.1) is 20.8 Å². The van der Waals surface area contributed by atoms with Crippen LogP contribution in [0.1, 0.15) is 58.4 Å². The molecule has 6 heteroatoms. The van der Waals surface area contributed by atoms with Gasteiger partial charge in [-0.2, -0.15) is 0 Å². The van der Waals surface area contributed by atoms with E-state index in [-0.39, 0.29) is 11.9 Å². The third-order valence-electron chi connectivity index (χ3n) is 5.59. The van der Waals surface area contributed by atoms with E-state index in [1.807, 2.05) is 24.9 Å². The number of aromatic nitrogens is 3. The third kappa shape index (κ3) is 4.21. The summed E-state index contributed by atoms with van der Waals surface area (Å²) in [7, 11) is 0. The van der Waals surface area contributed by atoms with Gasteiger partial charge in [0.1, 0.15) is 5.76 Å². The molecule has 1 saturated heterocycles. The van der Waals surface area contributed by atoms with Crippen molar-refractivity contribution in [3.63, 3.8) is 0 Å². The minimum atomic E-state index is -0.0204. The number of carbonyl (C=O) groups is 1. The summed E-state index contributed by atoms with van der Waals surface area (Å²) in [4.78, 5) is 24.2. The standard InChI is InChI=1S/C23H26N4O2/c1-15-6-4-7-18(10-15)11-19-13-24-14-21(25-19)22-8-5-9-27(22)23(28)12-20-16(2)26-29-17(20)3/h4,6-7,10,13-14,22H,5,8-9,11-12H2,1-3H3. The summed E-state index contributed by atoms with van der Waals surface area (Å²) in [5, 5.41) is 3.96. The molecule has 0 spiro atoms. The predicted octanol–water partition coefficient (Wildman–Crippen LogP) is 3.89. The zero-order valence-electron chi connectivity index (χ0n) is 17.2. The molecule has 3 heterocycles. The number of amides is 1. The number of hydrogen-bond donors (Lipinski definition) is 0. The van der Waals surface area contributed by atoms with Gasteiger partial charge < -0.3 is 9.42 Å². The molecule has 2 aromatic heterocycles. The Hall–Kier alpha value is -3.02. The van der Waals surface area contributed by atoms with Crippen LogP contribution in [0.2, 0.25) is 0 Å². The minimum Gasteiger partial charge on any atom is -0.361 e. The monoisotopic (exact) mass is 390 g/mol. The highest BCUT2D eigenvalue weighted by atomic mass is 16.5. The van der Waals surface area contributed by atoms with Crippen molar-refractivity contribution in [2.24, 2.45) is 0 Å². The molecule has 1 amide bonds. The molecular weight excluding hydrogens is 364 g/mol. The zero-order chi connectivity index (χ0) is 20.4. The molecule has 0 aliphatic carbocycles. The molecule has 1 aliphatic heterocycles. The highest BCUT2D eigenvalue weighted by Crippen LogP contribution is 2.31. The Morgan fingerprint density at radius 3 is 2.86 bits per heavy atom. The summed E-state index contributed by atoms with van der Waals surface area (Å²) >= 11 is 0. The van der Waals surface area contributed by atoms with Crippen molar-refractivity contribution in [3.05, 3.63) is 76.2 Å². The van der Waals surface area contributed by atoms with Gasteiger partial charge in [-0.1, -0.05) is 35.0 Å². The number of likely N-dealkylation sites (tertiary alicyclic amines) is 1. The Bertz CT molecular complexity index is 1010. The van der Waals surface area contributed by atoms with Crippen molar-refractivity contribution < 1.29 is 9.32 Å². The Morgan fingerprint density at radius 2 is 2.10 bits per heavy atom. The summed E-state index contributed by atoms with van der Waals surface area (Å²) in [6, 6.07) is 8.41. The van der Waals surface area contributed by atoms with E-state index in [1.165, 1.54) is 11.1 Å². The molecule has 6 nitrogen and oxygen atoms in total. The fourth-order valence-corrected chi connectivity index (χ4v) is 4.08. The first-order valence-corrected chi connectivity index (χ1v) is 10.1. The van der Waals surface area contributed by atoms with Crippen LogP contribution in [0.5, 0.6) is 0 Å². The lowest BCUT2D eigenvalue weighted by molar-refractivity contribution is -0.131. The van der Waals surface area contributed by atoms with Crippen molar-refractivity contribution in [3.8, 4) is 0 Å². The van der Waals surface area contributed by atoms with E-state index in [2.05, 4.69) is 41.3 Å². The Kier molecular flexibility index (Phi) is 5.43. The largest absolute Gasteiger partial charge is 0.361 e. The van der Waals surface area contributed by atoms with Crippen LogP contribution in [0.3, 0.4) is 0 Å². The van der Waals surface area contributed by atoms with Crippen LogP contribution in [0.15, 0.2) is 41.2 Å². The maximum absolute atomic E-state index is 13.0. The van der Waals surface area contributed by atoms with Crippen LogP contribution in [-0.2, 0) is 17.6 Å². The van der Waals surface area contributed by atoms with Gasteiger partial charge in [0.15, 0.2) is 0 Å². The van der Waals surface area contributed by atoms with E-state index in [4.69, 9.17) is 9.51 Å². The maximum Gasteiger partial charge on any atom is 0.227 e. The Morgan fingerprint density at radius 1 is 1.24 bits per heavy atom. The average Bonchev–Trinajstić information content (AvgIpc) is 3.31. The first-order chi connectivity index (χ1) is 14.0.